The molecule has 1 aliphatic heterocycles. The van der Waals surface area contributed by atoms with Crippen LogP contribution in [0.15, 0.2) is 10.6 Å². The first-order valence-electron chi connectivity index (χ1n) is 6.29. The lowest BCUT2D eigenvalue weighted by Gasteiger charge is -2.20. The van der Waals surface area contributed by atoms with Crippen LogP contribution in [0.4, 0.5) is 0 Å². The number of nitrogens with zero attached hydrogens (tertiary/aromatic N) is 2. The largest absolute Gasteiger partial charge is 0.475 e. The molecule has 0 aromatic carbocycles. The summed E-state index contributed by atoms with van der Waals surface area (Å²) in [6, 6.07) is 1.11. The number of carbonyl (C=O) groups excluding carboxylic acids is 1. The average Bonchev–Trinajstić information content (AvgIpc) is 2.98. The maximum absolute atomic E-state index is 11.8. The van der Waals surface area contributed by atoms with Gasteiger partial charge in [0.2, 0.25) is 5.76 Å². The SMILES string of the molecule is CC(CN1CCCC1)NC(=O)c1cc(C(=O)O)on1. The number of rotatable bonds is 5. The molecule has 2 rings (SSSR count). The maximum atomic E-state index is 11.8. The van der Waals surface area contributed by atoms with Gasteiger partial charge in [-0.25, -0.2) is 4.79 Å². The van der Waals surface area contributed by atoms with Crippen molar-refractivity contribution in [3.8, 4) is 0 Å². The van der Waals surface area contributed by atoms with Gasteiger partial charge in [0.15, 0.2) is 5.69 Å². The fourth-order valence-corrected chi connectivity index (χ4v) is 2.18. The predicted octanol–water partition coefficient (Wildman–Crippen LogP) is 0.587. The molecule has 1 atom stereocenters. The highest BCUT2D eigenvalue weighted by Gasteiger charge is 2.20. The van der Waals surface area contributed by atoms with Crippen molar-refractivity contribution in [3.63, 3.8) is 0 Å². The Morgan fingerprint density at radius 1 is 1.53 bits per heavy atom. The number of amides is 1. The minimum Gasteiger partial charge on any atom is -0.475 e. The fourth-order valence-electron chi connectivity index (χ4n) is 2.18. The molecular weight excluding hydrogens is 250 g/mol. The number of likely N-dealkylation sites (tertiary alicyclic amines) is 1. The van der Waals surface area contributed by atoms with Crippen LogP contribution in [0.1, 0.15) is 40.8 Å². The van der Waals surface area contributed by atoms with Gasteiger partial charge in [-0.2, -0.15) is 0 Å². The zero-order valence-corrected chi connectivity index (χ0v) is 10.8. The van der Waals surface area contributed by atoms with Gasteiger partial charge >= 0.3 is 5.97 Å². The highest BCUT2D eigenvalue weighted by Crippen LogP contribution is 2.08. The lowest BCUT2D eigenvalue weighted by Crippen LogP contribution is -2.41. The number of aromatic carboxylic acids is 1. The van der Waals surface area contributed by atoms with E-state index in [-0.39, 0.29) is 17.5 Å². The number of carboxylic acids is 1. The average molecular weight is 267 g/mol. The van der Waals surface area contributed by atoms with Crippen LogP contribution in [0.5, 0.6) is 0 Å². The molecular formula is C12H17N3O4. The summed E-state index contributed by atoms with van der Waals surface area (Å²) in [7, 11) is 0. The first-order chi connectivity index (χ1) is 9.06. The van der Waals surface area contributed by atoms with Gasteiger partial charge in [0, 0.05) is 18.7 Å². The molecule has 0 saturated carbocycles. The van der Waals surface area contributed by atoms with Crippen molar-refractivity contribution in [2.75, 3.05) is 19.6 Å². The molecule has 7 nitrogen and oxygen atoms in total. The van der Waals surface area contributed by atoms with E-state index >= 15 is 0 Å². The second kappa shape index (κ2) is 5.83. The van der Waals surface area contributed by atoms with Gasteiger partial charge in [0.1, 0.15) is 0 Å². The van der Waals surface area contributed by atoms with Gasteiger partial charge in [-0.05, 0) is 32.9 Å². The van der Waals surface area contributed by atoms with Crippen molar-refractivity contribution in [1.29, 1.82) is 0 Å². The van der Waals surface area contributed by atoms with Gasteiger partial charge in [0.05, 0.1) is 0 Å². The zero-order valence-electron chi connectivity index (χ0n) is 10.8. The summed E-state index contributed by atoms with van der Waals surface area (Å²) in [5.74, 6) is -1.99. The van der Waals surface area contributed by atoms with E-state index in [4.69, 9.17) is 5.11 Å². The molecule has 1 aromatic heterocycles. The first kappa shape index (κ1) is 13.5. The van der Waals surface area contributed by atoms with Crippen LogP contribution >= 0.6 is 0 Å². The van der Waals surface area contributed by atoms with Crippen LogP contribution in [0, 0.1) is 0 Å². The van der Waals surface area contributed by atoms with Crippen molar-refractivity contribution in [1.82, 2.24) is 15.4 Å². The Kier molecular flexibility index (Phi) is 4.16. The summed E-state index contributed by atoms with van der Waals surface area (Å²) >= 11 is 0. The maximum Gasteiger partial charge on any atom is 0.374 e. The molecule has 0 spiro atoms. The van der Waals surface area contributed by atoms with Gasteiger partial charge in [-0.3, -0.25) is 4.79 Å². The molecule has 7 heteroatoms. The van der Waals surface area contributed by atoms with Crippen molar-refractivity contribution in [2.24, 2.45) is 0 Å². The molecule has 19 heavy (non-hydrogen) atoms. The van der Waals surface area contributed by atoms with Crippen LogP contribution in [0.25, 0.3) is 0 Å². The normalized spacial score (nSPS) is 17.3. The van der Waals surface area contributed by atoms with Crippen LogP contribution < -0.4 is 5.32 Å². The van der Waals surface area contributed by atoms with Crippen LogP contribution in [-0.4, -0.2) is 52.7 Å². The van der Waals surface area contributed by atoms with Crippen molar-refractivity contribution >= 4 is 11.9 Å². The van der Waals surface area contributed by atoms with Crippen LogP contribution in [0.3, 0.4) is 0 Å². The van der Waals surface area contributed by atoms with Gasteiger partial charge in [-0.1, -0.05) is 5.16 Å². The molecule has 2 N–H and O–H groups in total. The molecule has 104 valence electrons. The number of hydrogen-bond donors (Lipinski definition) is 2. The van der Waals surface area contributed by atoms with E-state index in [9.17, 15) is 9.59 Å². The van der Waals surface area contributed by atoms with E-state index in [1.165, 1.54) is 12.8 Å². The molecule has 1 saturated heterocycles. The number of carbonyl (C=O) groups is 2. The summed E-state index contributed by atoms with van der Waals surface area (Å²) in [6.45, 7) is 4.82. The smallest absolute Gasteiger partial charge is 0.374 e. The summed E-state index contributed by atoms with van der Waals surface area (Å²) in [5.41, 5.74) is -0.00864. The number of nitrogens with one attached hydrogen (secondary N) is 1. The van der Waals surface area contributed by atoms with Crippen molar-refractivity contribution in [2.45, 2.75) is 25.8 Å². The monoisotopic (exact) mass is 267 g/mol. The molecule has 0 radical (unpaired) electrons. The standard InChI is InChI=1S/C12H17N3O4/c1-8(7-15-4-2-3-5-15)13-11(16)9-6-10(12(17)18)19-14-9/h6,8H,2-5,7H2,1H3,(H,13,16)(H,17,18). The van der Waals surface area contributed by atoms with Gasteiger partial charge in [0.25, 0.3) is 5.91 Å². The lowest BCUT2D eigenvalue weighted by atomic mass is 10.3. The Labute approximate surface area is 110 Å². The zero-order chi connectivity index (χ0) is 13.8. The highest BCUT2D eigenvalue weighted by molar-refractivity contribution is 5.94. The molecule has 1 unspecified atom stereocenters. The number of carboxylic acid groups (broad SMARTS) is 1. The number of aromatic nitrogens is 1. The van der Waals surface area contributed by atoms with Gasteiger partial charge < -0.3 is 19.8 Å². The third kappa shape index (κ3) is 3.54. The van der Waals surface area contributed by atoms with E-state index in [1.54, 1.807) is 0 Å². The minimum absolute atomic E-state index is 0.00864. The van der Waals surface area contributed by atoms with E-state index < -0.39 is 11.9 Å². The summed E-state index contributed by atoms with van der Waals surface area (Å²) in [5, 5.41) is 14.9. The Morgan fingerprint density at radius 2 is 2.21 bits per heavy atom. The Bertz CT molecular complexity index is 465. The molecule has 1 aliphatic rings. The molecule has 1 fully saturated rings. The Hall–Kier alpha value is -1.89. The predicted molar refractivity (Wildman–Crippen MR) is 66.1 cm³/mol. The molecule has 0 bridgehead atoms. The first-order valence-corrected chi connectivity index (χ1v) is 6.29. The quantitative estimate of drug-likeness (QED) is 0.810. The van der Waals surface area contributed by atoms with E-state index in [0.29, 0.717) is 0 Å². The minimum atomic E-state index is -1.24. The third-order valence-electron chi connectivity index (χ3n) is 3.06. The second-order valence-electron chi connectivity index (χ2n) is 4.76. The summed E-state index contributed by atoms with van der Waals surface area (Å²) in [4.78, 5) is 24.7. The molecule has 0 aliphatic carbocycles. The highest BCUT2D eigenvalue weighted by atomic mass is 16.5. The van der Waals surface area contributed by atoms with Crippen LogP contribution in [0.2, 0.25) is 0 Å². The van der Waals surface area contributed by atoms with E-state index in [0.717, 1.165) is 25.7 Å². The summed E-state index contributed by atoms with van der Waals surface area (Å²) < 4.78 is 4.54. The van der Waals surface area contributed by atoms with Crippen molar-refractivity contribution < 1.29 is 19.2 Å². The fraction of sp³-hybridized carbons (Fsp3) is 0.583. The second-order valence-corrected chi connectivity index (χ2v) is 4.76. The molecule has 1 amide bonds. The third-order valence-corrected chi connectivity index (χ3v) is 3.06. The van der Waals surface area contributed by atoms with Gasteiger partial charge in [-0.15, -0.1) is 0 Å². The van der Waals surface area contributed by atoms with Crippen molar-refractivity contribution in [3.05, 3.63) is 17.5 Å². The summed E-state index contributed by atoms with van der Waals surface area (Å²) in [6.07, 6.45) is 2.40. The lowest BCUT2D eigenvalue weighted by molar-refractivity contribution is 0.0651. The Balaban J connectivity index is 1.86. The Morgan fingerprint density at radius 3 is 2.79 bits per heavy atom. The molecule has 2 heterocycles. The molecule has 1 aromatic rings. The number of hydrogen-bond acceptors (Lipinski definition) is 5. The van der Waals surface area contributed by atoms with E-state index in [1.807, 2.05) is 6.92 Å². The van der Waals surface area contributed by atoms with Crippen LogP contribution in [-0.2, 0) is 0 Å². The topological polar surface area (TPSA) is 95.7 Å². The van der Waals surface area contributed by atoms with E-state index in [2.05, 4.69) is 19.9 Å².